The van der Waals surface area contributed by atoms with Crippen LogP contribution in [0.4, 0.5) is 0 Å². The van der Waals surface area contributed by atoms with E-state index in [1.54, 1.807) is 31.2 Å². The zero-order valence-electron chi connectivity index (χ0n) is 21.6. The van der Waals surface area contributed by atoms with E-state index in [1.165, 1.54) is 0 Å². The number of hydrogen-bond acceptors (Lipinski definition) is 5. The second-order valence-corrected chi connectivity index (χ2v) is 10.0. The molecule has 0 aliphatic rings. The minimum absolute atomic E-state index is 0.0723. The van der Waals surface area contributed by atoms with E-state index in [9.17, 15) is 19.5 Å². The lowest BCUT2D eigenvalue weighted by Gasteiger charge is -2.15. The summed E-state index contributed by atoms with van der Waals surface area (Å²) < 4.78 is 11.8. The number of carbonyl (C=O) groups is 2. The van der Waals surface area contributed by atoms with Gasteiger partial charge in [0.25, 0.3) is 0 Å². The van der Waals surface area contributed by atoms with Crippen LogP contribution in [0.1, 0.15) is 28.0 Å². The topological polar surface area (TPSA) is 110 Å². The summed E-state index contributed by atoms with van der Waals surface area (Å²) in [6.45, 7) is 5.50. The highest BCUT2D eigenvalue weighted by molar-refractivity contribution is 6.30. The highest BCUT2D eigenvalue weighted by Crippen LogP contribution is 2.39. The SMILES string of the molecule is Cc1oc2c(C)c3oc(=O)c(CC(=O)N[C@@H](Cc4ccc(Cl)cc4)C(=O)O)c(C)c3cc2c1-c1ccccc1. The van der Waals surface area contributed by atoms with Gasteiger partial charge in [-0.3, -0.25) is 4.79 Å². The molecule has 0 fully saturated rings. The van der Waals surface area contributed by atoms with Gasteiger partial charge >= 0.3 is 11.6 Å². The average molecular weight is 544 g/mol. The lowest BCUT2D eigenvalue weighted by atomic mass is 9.96. The Balaban J connectivity index is 1.51. The summed E-state index contributed by atoms with van der Waals surface area (Å²) in [6, 6.07) is 17.4. The first-order valence-corrected chi connectivity index (χ1v) is 12.8. The molecule has 5 rings (SSSR count). The van der Waals surface area contributed by atoms with Gasteiger partial charge in [-0.05, 0) is 55.7 Å². The zero-order chi connectivity index (χ0) is 27.8. The molecule has 0 unspecified atom stereocenters. The molecule has 8 heteroatoms. The molecule has 5 aromatic rings. The molecule has 0 saturated carbocycles. The molecular weight excluding hydrogens is 518 g/mol. The molecule has 7 nitrogen and oxygen atoms in total. The van der Waals surface area contributed by atoms with Crippen LogP contribution in [0, 0.1) is 20.8 Å². The van der Waals surface area contributed by atoms with Crippen molar-refractivity contribution in [3.05, 3.63) is 104 Å². The van der Waals surface area contributed by atoms with Gasteiger partial charge in [0.05, 0.1) is 12.0 Å². The summed E-state index contributed by atoms with van der Waals surface area (Å²) in [5, 5.41) is 14.3. The van der Waals surface area contributed by atoms with Crippen molar-refractivity contribution in [2.75, 3.05) is 0 Å². The monoisotopic (exact) mass is 543 g/mol. The van der Waals surface area contributed by atoms with Gasteiger partial charge in [-0.2, -0.15) is 0 Å². The molecule has 0 bridgehead atoms. The molecule has 0 radical (unpaired) electrons. The smallest absolute Gasteiger partial charge is 0.340 e. The number of fused-ring (bicyclic) bond motifs is 2. The van der Waals surface area contributed by atoms with Gasteiger partial charge in [0.15, 0.2) is 0 Å². The Kier molecular flexibility index (Phi) is 7.02. The Morgan fingerprint density at radius 3 is 2.26 bits per heavy atom. The van der Waals surface area contributed by atoms with Crippen LogP contribution in [-0.2, 0) is 22.4 Å². The van der Waals surface area contributed by atoms with Crippen molar-refractivity contribution in [3.63, 3.8) is 0 Å². The minimum atomic E-state index is -1.18. The summed E-state index contributed by atoms with van der Waals surface area (Å²) in [5.74, 6) is -1.02. The number of aryl methyl sites for hydroxylation is 3. The van der Waals surface area contributed by atoms with Crippen molar-refractivity contribution in [3.8, 4) is 11.1 Å². The summed E-state index contributed by atoms with van der Waals surface area (Å²) in [4.78, 5) is 37.8. The minimum Gasteiger partial charge on any atom is -0.480 e. The summed E-state index contributed by atoms with van der Waals surface area (Å²) >= 11 is 5.91. The number of hydrogen-bond donors (Lipinski definition) is 2. The number of carbonyl (C=O) groups excluding carboxylic acids is 1. The first kappa shape index (κ1) is 26.3. The molecule has 0 spiro atoms. The molecule has 2 heterocycles. The predicted molar refractivity (Wildman–Crippen MR) is 150 cm³/mol. The molecule has 0 aliphatic carbocycles. The van der Waals surface area contributed by atoms with Gasteiger partial charge in [-0.15, -0.1) is 0 Å². The van der Waals surface area contributed by atoms with E-state index in [0.29, 0.717) is 38.3 Å². The lowest BCUT2D eigenvalue weighted by Crippen LogP contribution is -2.43. The predicted octanol–water partition coefficient (Wildman–Crippen LogP) is 6.14. The fourth-order valence-corrected chi connectivity index (χ4v) is 5.13. The Morgan fingerprint density at radius 2 is 1.59 bits per heavy atom. The van der Waals surface area contributed by atoms with Crippen LogP contribution >= 0.6 is 11.6 Å². The molecule has 1 atom stereocenters. The normalized spacial score (nSPS) is 12.1. The summed E-state index contributed by atoms with van der Waals surface area (Å²) in [5.41, 5.74) is 4.52. The molecule has 0 saturated heterocycles. The van der Waals surface area contributed by atoms with Crippen LogP contribution < -0.4 is 10.9 Å². The van der Waals surface area contributed by atoms with Crippen molar-refractivity contribution in [2.24, 2.45) is 0 Å². The Bertz CT molecular complexity index is 1780. The second kappa shape index (κ2) is 10.4. The van der Waals surface area contributed by atoms with Crippen LogP contribution in [0.25, 0.3) is 33.1 Å². The largest absolute Gasteiger partial charge is 0.480 e. The van der Waals surface area contributed by atoms with E-state index in [0.717, 1.165) is 22.3 Å². The van der Waals surface area contributed by atoms with E-state index in [-0.39, 0.29) is 18.4 Å². The van der Waals surface area contributed by atoms with E-state index >= 15 is 0 Å². The number of benzene rings is 3. The zero-order valence-corrected chi connectivity index (χ0v) is 22.4. The maximum Gasteiger partial charge on any atom is 0.340 e. The van der Waals surface area contributed by atoms with Crippen molar-refractivity contribution in [2.45, 2.75) is 39.7 Å². The number of rotatable bonds is 7. The molecule has 1 amide bonds. The van der Waals surface area contributed by atoms with Crippen LogP contribution in [-0.4, -0.2) is 23.0 Å². The van der Waals surface area contributed by atoms with Crippen LogP contribution in [0.15, 0.2) is 74.3 Å². The molecule has 3 aromatic carbocycles. The fourth-order valence-electron chi connectivity index (χ4n) is 5.00. The molecule has 39 heavy (non-hydrogen) atoms. The number of amides is 1. The van der Waals surface area contributed by atoms with Crippen LogP contribution in [0.5, 0.6) is 0 Å². The maximum absolute atomic E-state index is 13.0. The van der Waals surface area contributed by atoms with E-state index in [1.807, 2.05) is 50.2 Å². The van der Waals surface area contributed by atoms with E-state index in [4.69, 9.17) is 20.4 Å². The third-order valence-corrected chi connectivity index (χ3v) is 7.27. The Hall–Kier alpha value is -4.36. The highest BCUT2D eigenvalue weighted by Gasteiger charge is 2.24. The van der Waals surface area contributed by atoms with Crippen molar-refractivity contribution in [1.29, 1.82) is 0 Å². The molecule has 2 aromatic heterocycles. The Labute approximate surface area is 229 Å². The third-order valence-electron chi connectivity index (χ3n) is 7.02. The van der Waals surface area contributed by atoms with Crippen molar-refractivity contribution < 1.29 is 23.5 Å². The van der Waals surface area contributed by atoms with Crippen LogP contribution in [0.3, 0.4) is 0 Å². The first-order valence-electron chi connectivity index (χ1n) is 12.4. The van der Waals surface area contributed by atoms with E-state index in [2.05, 4.69) is 5.32 Å². The highest BCUT2D eigenvalue weighted by atomic mass is 35.5. The van der Waals surface area contributed by atoms with Gasteiger partial charge in [0, 0.05) is 33.3 Å². The summed E-state index contributed by atoms with van der Waals surface area (Å²) in [7, 11) is 0. The van der Waals surface area contributed by atoms with Crippen LogP contribution in [0.2, 0.25) is 5.02 Å². The number of aliphatic carboxylic acids is 1. The van der Waals surface area contributed by atoms with Gasteiger partial charge in [-0.1, -0.05) is 54.1 Å². The summed E-state index contributed by atoms with van der Waals surface area (Å²) in [6.07, 6.45) is -0.246. The quantitative estimate of drug-likeness (QED) is 0.239. The standard InChI is InChI=1S/C31H26ClNO6/c1-16-22-14-24-27(20-7-5-4-6-8-20)18(3)38-29(24)17(2)28(22)39-31(37)23(16)15-26(34)33-25(30(35)36)13-19-9-11-21(32)12-10-19/h4-12,14,25H,13,15H2,1-3H3,(H,33,34)(H,35,36)/t25-/m0/s1. The van der Waals surface area contributed by atoms with Gasteiger partial charge in [0.1, 0.15) is 23.0 Å². The van der Waals surface area contributed by atoms with Gasteiger partial charge < -0.3 is 19.3 Å². The number of carboxylic acids is 1. The van der Waals surface area contributed by atoms with Gasteiger partial charge in [-0.25, -0.2) is 9.59 Å². The number of carboxylic acid groups (broad SMARTS) is 1. The molecule has 0 aliphatic heterocycles. The molecule has 198 valence electrons. The number of nitrogens with one attached hydrogen (secondary N) is 1. The number of halogens is 1. The van der Waals surface area contributed by atoms with Gasteiger partial charge in [0.2, 0.25) is 5.91 Å². The molecular formula is C31H26ClNO6. The van der Waals surface area contributed by atoms with Crippen molar-refractivity contribution >= 4 is 45.4 Å². The fraction of sp³-hybridized carbons (Fsp3) is 0.194. The first-order chi connectivity index (χ1) is 18.6. The van der Waals surface area contributed by atoms with E-state index < -0.39 is 23.5 Å². The third kappa shape index (κ3) is 5.05. The van der Waals surface area contributed by atoms with Crippen molar-refractivity contribution in [1.82, 2.24) is 5.32 Å². The maximum atomic E-state index is 13.0. The Morgan fingerprint density at radius 1 is 0.923 bits per heavy atom. The average Bonchev–Trinajstić information content (AvgIpc) is 3.24. The lowest BCUT2D eigenvalue weighted by molar-refractivity contribution is -0.141. The second-order valence-electron chi connectivity index (χ2n) is 9.61. The number of furan rings is 1. The molecule has 2 N–H and O–H groups in total.